The van der Waals surface area contributed by atoms with Crippen molar-refractivity contribution in [2.24, 2.45) is 0 Å². The smallest absolute Gasteiger partial charge is 0.224 e. The van der Waals surface area contributed by atoms with Gasteiger partial charge >= 0.3 is 0 Å². The van der Waals surface area contributed by atoms with E-state index in [9.17, 15) is 14.4 Å². The van der Waals surface area contributed by atoms with Gasteiger partial charge in [0.05, 0.1) is 4.88 Å². The van der Waals surface area contributed by atoms with Gasteiger partial charge in [-0.15, -0.1) is 11.3 Å². The molecular formula is C18H20N2O3S. The van der Waals surface area contributed by atoms with Gasteiger partial charge in [-0.05, 0) is 35.6 Å². The first-order valence-electron chi connectivity index (χ1n) is 7.76. The van der Waals surface area contributed by atoms with Crippen LogP contribution >= 0.6 is 11.3 Å². The number of carbonyl (C=O) groups excluding carboxylic acids is 3. The molecule has 0 aliphatic carbocycles. The summed E-state index contributed by atoms with van der Waals surface area (Å²) in [6.07, 6.45) is 1.06. The molecule has 0 bridgehead atoms. The molecule has 1 aromatic heterocycles. The molecule has 0 atom stereocenters. The second kappa shape index (κ2) is 8.40. The van der Waals surface area contributed by atoms with E-state index < -0.39 is 0 Å². The van der Waals surface area contributed by atoms with Crippen molar-refractivity contribution in [3.8, 4) is 0 Å². The molecule has 2 N–H and O–H groups in total. The Morgan fingerprint density at radius 2 is 1.88 bits per heavy atom. The van der Waals surface area contributed by atoms with E-state index in [4.69, 9.17) is 0 Å². The van der Waals surface area contributed by atoms with Crippen LogP contribution in [0.1, 0.15) is 41.9 Å². The Bertz CT molecular complexity index is 739. The van der Waals surface area contributed by atoms with Crippen molar-refractivity contribution in [1.29, 1.82) is 0 Å². The van der Waals surface area contributed by atoms with Crippen LogP contribution in [0.4, 0.5) is 11.4 Å². The van der Waals surface area contributed by atoms with Crippen LogP contribution in [0.25, 0.3) is 0 Å². The molecule has 0 spiro atoms. The third-order valence-electron chi connectivity index (χ3n) is 3.46. The number of Topliss-reactive ketones (excluding diaryl/α,β-unsaturated/α-hetero) is 1. The molecule has 0 aliphatic heterocycles. The zero-order valence-electron chi connectivity index (χ0n) is 13.7. The number of nitrogens with one attached hydrogen (secondary N) is 2. The fourth-order valence-electron chi connectivity index (χ4n) is 2.28. The van der Waals surface area contributed by atoms with Gasteiger partial charge in [-0.1, -0.05) is 19.1 Å². The highest BCUT2D eigenvalue weighted by Gasteiger charge is 2.12. The van der Waals surface area contributed by atoms with Crippen molar-refractivity contribution in [2.45, 2.75) is 33.1 Å². The van der Waals surface area contributed by atoms with Gasteiger partial charge in [0, 0.05) is 31.1 Å². The number of aryl methyl sites for hydroxylation is 1. The molecule has 2 aromatic rings. The third-order valence-corrected chi connectivity index (χ3v) is 4.37. The van der Waals surface area contributed by atoms with Crippen molar-refractivity contribution >= 4 is 40.3 Å². The Morgan fingerprint density at radius 3 is 2.50 bits per heavy atom. The van der Waals surface area contributed by atoms with Crippen LogP contribution in [-0.2, 0) is 16.0 Å². The summed E-state index contributed by atoms with van der Waals surface area (Å²) in [4.78, 5) is 35.9. The summed E-state index contributed by atoms with van der Waals surface area (Å²) in [6.45, 7) is 3.42. The Balaban J connectivity index is 1.99. The number of hydrogen-bond donors (Lipinski definition) is 2. The molecule has 2 rings (SSSR count). The summed E-state index contributed by atoms with van der Waals surface area (Å²) in [5.41, 5.74) is 2.27. The number of benzene rings is 1. The molecule has 5 nitrogen and oxygen atoms in total. The van der Waals surface area contributed by atoms with E-state index in [1.807, 2.05) is 24.4 Å². The fourth-order valence-corrected chi connectivity index (χ4v) is 2.98. The molecule has 0 saturated carbocycles. The van der Waals surface area contributed by atoms with Crippen molar-refractivity contribution in [3.05, 3.63) is 46.2 Å². The molecule has 0 radical (unpaired) electrons. The predicted octanol–water partition coefficient (Wildman–Crippen LogP) is 3.87. The Hall–Kier alpha value is -2.47. The average molecular weight is 344 g/mol. The number of hydrogen-bond acceptors (Lipinski definition) is 4. The zero-order chi connectivity index (χ0) is 17.5. The molecule has 2 amide bonds. The highest BCUT2D eigenvalue weighted by atomic mass is 32.1. The molecule has 1 heterocycles. The van der Waals surface area contributed by atoms with E-state index in [1.54, 1.807) is 18.2 Å². The van der Waals surface area contributed by atoms with Crippen LogP contribution in [0.3, 0.4) is 0 Å². The second-order valence-electron chi connectivity index (χ2n) is 5.36. The van der Waals surface area contributed by atoms with E-state index >= 15 is 0 Å². The maximum absolute atomic E-state index is 12.1. The van der Waals surface area contributed by atoms with Crippen LogP contribution in [0.5, 0.6) is 0 Å². The standard InChI is InChI=1S/C18H20N2O3S/c1-3-13-6-7-14(19-12(2)21)11-15(13)20-18(23)9-8-16(22)17-5-4-10-24-17/h4-7,10-11H,3,8-9H2,1-2H3,(H,19,21)(H,20,23). The number of amides is 2. The monoisotopic (exact) mass is 344 g/mol. The Labute approximate surface area is 145 Å². The van der Waals surface area contributed by atoms with E-state index in [0.29, 0.717) is 16.3 Å². The molecular weight excluding hydrogens is 324 g/mol. The summed E-state index contributed by atoms with van der Waals surface area (Å²) in [7, 11) is 0. The second-order valence-corrected chi connectivity index (χ2v) is 6.30. The third kappa shape index (κ3) is 5.03. The molecule has 1 aromatic carbocycles. The van der Waals surface area contributed by atoms with Crippen LogP contribution < -0.4 is 10.6 Å². The van der Waals surface area contributed by atoms with E-state index in [2.05, 4.69) is 10.6 Å². The largest absolute Gasteiger partial charge is 0.326 e. The number of rotatable bonds is 7. The minimum atomic E-state index is -0.213. The number of anilines is 2. The number of carbonyl (C=O) groups is 3. The predicted molar refractivity (Wildman–Crippen MR) is 96.6 cm³/mol. The average Bonchev–Trinajstić information content (AvgIpc) is 3.07. The van der Waals surface area contributed by atoms with Gasteiger partial charge in [0.2, 0.25) is 11.8 Å². The molecule has 6 heteroatoms. The number of thiophene rings is 1. The summed E-state index contributed by atoms with van der Waals surface area (Å²) >= 11 is 1.38. The van der Waals surface area contributed by atoms with Crippen molar-refractivity contribution in [3.63, 3.8) is 0 Å². The summed E-state index contributed by atoms with van der Waals surface area (Å²) < 4.78 is 0. The highest BCUT2D eigenvalue weighted by molar-refractivity contribution is 7.12. The lowest BCUT2D eigenvalue weighted by Gasteiger charge is -2.12. The summed E-state index contributed by atoms with van der Waals surface area (Å²) in [5.74, 6) is -0.407. The lowest BCUT2D eigenvalue weighted by molar-refractivity contribution is -0.116. The van der Waals surface area contributed by atoms with E-state index in [-0.39, 0.29) is 30.4 Å². The first-order valence-corrected chi connectivity index (χ1v) is 8.64. The number of ketones is 1. The topological polar surface area (TPSA) is 75.3 Å². The summed E-state index contributed by atoms with van der Waals surface area (Å²) in [5, 5.41) is 7.37. The van der Waals surface area contributed by atoms with Gasteiger partial charge in [0.25, 0.3) is 0 Å². The lowest BCUT2D eigenvalue weighted by atomic mass is 10.1. The first-order chi connectivity index (χ1) is 11.5. The molecule has 0 aliphatic rings. The van der Waals surface area contributed by atoms with Crippen molar-refractivity contribution < 1.29 is 14.4 Å². The quantitative estimate of drug-likeness (QED) is 0.749. The molecule has 24 heavy (non-hydrogen) atoms. The molecule has 126 valence electrons. The maximum atomic E-state index is 12.1. The Kier molecular flexibility index (Phi) is 6.26. The van der Waals surface area contributed by atoms with Gasteiger partial charge < -0.3 is 10.6 Å². The van der Waals surface area contributed by atoms with Gasteiger partial charge in [-0.25, -0.2) is 0 Å². The fraction of sp³-hybridized carbons (Fsp3) is 0.278. The SMILES string of the molecule is CCc1ccc(NC(C)=O)cc1NC(=O)CCC(=O)c1cccs1. The van der Waals surface area contributed by atoms with Crippen molar-refractivity contribution in [1.82, 2.24) is 0 Å². The zero-order valence-corrected chi connectivity index (χ0v) is 14.5. The first kappa shape index (κ1) is 17.9. The van der Waals surface area contributed by atoms with Gasteiger partial charge in [-0.3, -0.25) is 14.4 Å². The van der Waals surface area contributed by atoms with Crippen LogP contribution in [-0.4, -0.2) is 17.6 Å². The van der Waals surface area contributed by atoms with Gasteiger partial charge in [0.15, 0.2) is 5.78 Å². The van der Waals surface area contributed by atoms with Gasteiger partial charge in [0.1, 0.15) is 0 Å². The molecule has 0 fully saturated rings. The lowest BCUT2D eigenvalue weighted by Crippen LogP contribution is -2.15. The van der Waals surface area contributed by atoms with E-state index in [0.717, 1.165) is 12.0 Å². The highest BCUT2D eigenvalue weighted by Crippen LogP contribution is 2.22. The normalized spacial score (nSPS) is 10.2. The van der Waals surface area contributed by atoms with Gasteiger partial charge in [-0.2, -0.15) is 0 Å². The molecule has 0 saturated heterocycles. The summed E-state index contributed by atoms with van der Waals surface area (Å²) in [6, 6.07) is 8.99. The minimum Gasteiger partial charge on any atom is -0.326 e. The maximum Gasteiger partial charge on any atom is 0.224 e. The van der Waals surface area contributed by atoms with Crippen LogP contribution in [0.2, 0.25) is 0 Å². The van der Waals surface area contributed by atoms with Crippen LogP contribution in [0.15, 0.2) is 35.7 Å². The van der Waals surface area contributed by atoms with E-state index in [1.165, 1.54) is 18.3 Å². The van der Waals surface area contributed by atoms with Crippen LogP contribution in [0, 0.1) is 0 Å². The Morgan fingerprint density at radius 1 is 1.08 bits per heavy atom. The molecule has 0 unspecified atom stereocenters. The minimum absolute atomic E-state index is 0.0251. The van der Waals surface area contributed by atoms with Crippen molar-refractivity contribution in [2.75, 3.05) is 10.6 Å².